The van der Waals surface area contributed by atoms with Gasteiger partial charge in [-0.15, -0.1) is 24.0 Å². The van der Waals surface area contributed by atoms with Gasteiger partial charge in [0.05, 0.1) is 12.8 Å². The van der Waals surface area contributed by atoms with E-state index in [1.165, 1.54) is 11.3 Å². The second kappa shape index (κ2) is 9.99. The van der Waals surface area contributed by atoms with Gasteiger partial charge in [-0.25, -0.2) is 0 Å². The Hall–Kier alpha value is -1.97. The smallest absolute Gasteiger partial charge is 0.191 e. The summed E-state index contributed by atoms with van der Waals surface area (Å²) >= 11 is 0. The molecule has 3 rings (SSSR count). The van der Waals surface area contributed by atoms with Crippen LogP contribution >= 0.6 is 24.0 Å². The Morgan fingerprint density at radius 2 is 2.21 bits per heavy atom. The molecule has 0 fully saturated rings. The number of nitrogens with zero attached hydrogens (tertiary/aromatic N) is 3. The number of aryl methyl sites for hydroxylation is 1. The molecule has 1 atom stereocenters. The molecule has 0 amide bonds. The van der Waals surface area contributed by atoms with Gasteiger partial charge in [-0.2, -0.15) is 5.10 Å². The van der Waals surface area contributed by atoms with Crippen molar-refractivity contribution >= 4 is 29.9 Å². The summed E-state index contributed by atoms with van der Waals surface area (Å²) in [6.45, 7) is 4.87. The first-order valence-electron chi connectivity index (χ1n) is 9.40. The van der Waals surface area contributed by atoms with Gasteiger partial charge in [0, 0.05) is 38.3 Å². The average Bonchev–Trinajstić information content (AvgIpc) is 3.09. The maximum absolute atomic E-state index is 9.90. The molecule has 8 heteroatoms. The number of fused-ring (bicyclic) bond motifs is 1. The van der Waals surface area contributed by atoms with Gasteiger partial charge >= 0.3 is 0 Å². The van der Waals surface area contributed by atoms with Gasteiger partial charge in [-0.1, -0.05) is 6.07 Å². The minimum Gasteiger partial charge on any atom is -0.504 e. The number of rotatable bonds is 5. The minimum absolute atomic E-state index is 0. The molecule has 2 aromatic rings. The van der Waals surface area contributed by atoms with E-state index in [9.17, 15) is 5.11 Å². The number of methoxy groups -OCH3 is 1. The van der Waals surface area contributed by atoms with E-state index >= 15 is 0 Å². The van der Waals surface area contributed by atoms with E-state index in [2.05, 4.69) is 40.4 Å². The molecule has 0 spiro atoms. The number of phenolic OH excluding ortho intramolecular Hbond substituents is 1. The molecule has 1 aliphatic carbocycles. The maximum atomic E-state index is 9.90. The van der Waals surface area contributed by atoms with Crippen LogP contribution in [0.1, 0.15) is 43.1 Å². The first kappa shape index (κ1) is 22.3. The highest BCUT2D eigenvalue weighted by molar-refractivity contribution is 14.0. The van der Waals surface area contributed by atoms with Gasteiger partial charge in [-0.05, 0) is 49.9 Å². The monoisotopic (exact) mass is 499 g/mol. The van der Waals surface area contributed by atoms with Gasteiger partial charge in [0.25, 0.3) is 0 Å². The van der Waals surface area contributed by atoms with Crippen LogP contribution in [-0.4, -0.2) is 41.0 Å². The quantitative estimate of drug-likeness (QED) is 0.335. The number of aromatic hydroxyl groups is 1. The van der Waals surface area contributed by atoms with E-state index in [-0.39, 0.29) is 29.7 Å². The standard InChI is InChI=1S/C20H29N5O2.HI/c1-13(2)25-12-15-6-7-16(10-17(15)24-25)23-20(21-3)22-11-14-5-8-19(27-4)18(26)9-14;/h5,8-9,12-13,16,26H,6-7,10-11H2,1-4H3,(H2,21,22,23);1H. The Kier molecular flexibility index (Phi) is 7.97. The second-order valence-corrected chi connectivity index (χ2v) is 7.19. The van der Waals surface area contributed by atoms with E-state index in [0.29, 0.717) is 24.4 Å². The number of hydrogen-bond acceptors (Lipinski definition) is 4. The van der Waals surface area contributed by atoms with E-state index in [1.807, 2.05) is 6.07 Å². The first-order chi connectivity index (χ1) is 13.0. The predicted molar refractivity (Wildman–Crippen MR) is 122 cm³/mol. The number of aliphatic imine (C=N–C) groups is 1. The molecule has 154 valence electrons. The number of ether oxygens (including phenoxy) is 1. The SMILES string of the molecule is CN=C(NCc1ccc(OC)c(O)c1)NC1CCc2cn(C(C)C)nc2C1.I. The normalized spacial score (nSPS) is 16.3. The zero-order valence-corrected chi connectivity index (χ0v) is 19.2. The molecular weight excluding hydrogens is 469 g/mol. The largest absolute Gasteiger partial charge is 0.504 e. The molecule has 1 aromatic heterocycles. The Labute approximate surface area is 183 Å². The number of aromatic nitrogens is 2. The molecule has 7 nitrogen and oxygen atoms in total. The van der Waals surface area contributed by atoms with Crippen LogP contribution < -0.4 is 15.4 Å². The molecule has 1 heterocycles. The van der Waals surface area contributed by atoms with Crippen LogP contribution in [0, 0.1) is 0 Å². The van der Waals surface area contributed by atoms with E-state index in [1.54, 1.807) is 26.3 Å². The molecule has 1 aliphatic rings. The summed E-state index contributed by atoms with van der Waals surface area (Å²) < 4.78 is 7.13. The van der Waals surface area contributed by atoms with Crippen molar-refractivity contribution in [1.29, 1.82) is 0 Å². The summed E-state index contributed by atoms with van der Waals surface area (Å²) in [5.74, 6) is 1.36. The third-order valence-electron chi connectivity index (χ3n) is 4.89. The molecule has 0 radical (unpaired) electrons. The van der Waals surface area contributed by atoms with Crippen LogP contribution in [0.2, 0.25) is 0 Å². The zero-order chi connectivity index (χ0) is 19.4. The molecule has 1 aromatic carbocycles. The predicted octanol–water partition coefficient (Wildman–Crippen LogP) is 3.02. The Balaban J connectivity index is 0.00000280. The fraction of sp³-hybridized carbons (Fsp3) is 0.500. The van der Waals surface area contributed by atoms with Crippen LogP contribution in [0.3, 0.4) is 0 Å². The highest BCUT2D eigenvalue weighted by Crippen LogP contribution is 2.26. The van der Waals surface area contributed by atoms with Crippen molar-refractivity contribution in [3.63, 3.8) is 0 Å². The molecule has 28 heavy (non-hydrogen) atoms. The maximum Gasteiger partial charge on any atom is 0.191 e. The van der Waals surface area contributed by atoms with Crippen molar-refractivity contribution in [3.8, 4) is 11.5 Å². The molecular formula is C20H30IN5O2. The highest BCUT2D eigenvalue weighted by atomic mass is 127. The summed E-state index contributed by atoms with van der Waals surface area (Å²) in [4.78, 5) is 4.32. The van der Waals surface area contributed by atoms with E-state index < -0.39 is 0 Å². The van der Waals surface area contributed by atoms with E-state index in [4.69, 9.17) is 9.84 Å². The second-order valence-electron chi connectivity index (χ2n) is 7.19. The van der Waals surface area contributed by atoms with Crippen molar-refractivity contribution in [2.45, 2.75) is 51.7 Å². The lowest BCUT2D eigenvalue weighted by Crippen LogP contribution is -2.45. The van der Waals surface area contributed by atoms with Gasteiger partial charge in [0.1, 0.15) is 0 Å². The van der Waals surface area contributed by atoms with Crippen molar-refractivity contribution in [2.75, 3.05) is 14.2 Å². The van der Waals surface area contributed by atoms with Gasteiger partial charge in [0.2, 0.25) is 0 Å². The van der Waals surface area contributed by atoms with Crippen molar-refractivity contribution in [2.24, 2.45) is 4.99 Å². The van der Waals surface area contributed by atoms with Crippen molar-refractivity contribution in [3.05, 3.63) is 41.2 Å². The fourth-order valence-corrected chi connectivity index (χ4v) is 3.32. The lowest BCUT2D eigenvalue weighted by atomic mass is 9.94. The molecule has 0 bridgehead atoms. The molecule has 0 saturated heterocycles. The van der Waals surface area contributed by atoms with E-state index in [0.717, 1.165) is 30.8 Å². The zero-order valence-electron chi connectivity index (χ0n) is 16.9. The Morgan fingerprint density at radius 3 is 2.86 bits per heavy atom. The van der Waals surface area contributed by atoms with Crippen LogP contribution in [-0.2, 0) is 19.4 Å². The van der Waals surface area contributed by atoms with Crippen LogP contribution in [0.4, 0.5) is 0 Å². The lowest BCUT2D eigenvalue weighted by molar-refractivity contribution is 0.373. The fourth-order valence-electron chi connectivity index (χ4n) is 3.32. The molecule has 0 saturated carbocycles. The van der Waals surface area contributed by atoms with Crippen LogP contribution in [0.25, 0.3) is 0 Å². The third-order valence-corrected chi connectivity index (χ3v) is 4.89. The van der Waals surface area contributed by atoms with Gasteiger partial charge in [0.15, 0.2) is 17.5 Å². The summed E-state index contributed by atoms with van der Waals surface area (Å²) in [5, 5.41) is 21.4. The highest BCUT2D eigenvalue weighted by Gasteiger charge is 2.23. The summed E-state index contributed by atoms with van der Waals surface area (Å²) in [7, 11) is 3.31. The number of phenols is 1. The van der Waals surface area contributed by atoms with Crippen molar-refractivity contribution in [1.82, 2.24) is 20.4 Å². The first-order valence-corrected chi connectivity index (χ1v) is 9.40. The molecule has 3 N–H and O–H groups in total. The Morgan fingerprint density at radius 1 is 1.43 bits per heavy atom. The van der Waals surface area contributed by atoms with Gasteiger partial charge in [-0.3, -0.25) is 9.67 Å². The summed E-state index contributed by atoms with van der Waals surface area (Å²) in [5.41, 5.74) is 3.50. The Bertz CT molecular complexity index is 819. The topological polar surface area (TPSA) is 83.7 Å². The third kappa shape index (κ3) is 5.30. The average molecular weight is 499 g/mol. The van der Waals surface area contributed by atoms with Crippen LogP contribution in [0.5, 0.6) is 11.5 Å². The number of halogens is 1. The van der Waals surface area contributed by atoms with Gasteiger partial charge < -0.3 is 20.5 Å². The number of hydrogen-bond donors (Lipinski definition) is 3. The number of benzene rings is 1. The number of nitrogens with one attached hydrogen (secondary N) is 2. The molecule has 1 unspecified atom stereocenters. The number of guanidine groups is 1. The van der Waals surface area contributed by atoms with Crippen LogP contribution in [0.15, 0.2) is 29.4 Å². The van der Waals surface area contributed by atoms with Crippen molar-refractivity contribution < 1.29 is 9.84 Å². The molecule has 0 aliphatic heterocycles. The lowest BCUT2D eigenvalue weighted by Gasteiger charge is -2.24. The summed E-state index contributed by atoms with van der Waals surface area (Å²) in [6, 6.07) is 6.08. The minimum atomic E-state index is 0. The summed E-state index contributed by atoms with van der Waals surface area (Å²) in [6.07, 6.45) is 5.17.